The zero-order valence-corrected chi connectivity index (χ0v) is 44.7. The normalized spacial score (nSPS) is 16.6. The van der Waals surface area contributed by atoms with Crippen LogP contribution in [0, 0.1) is 6.92 Å². The van der Waals surface area contributed by atoms with E-state index in [4.69, 9.17) is 9.47 Å². The van der Waals surface area contributed by atoms with Crippen molar-refractivity contribution in [1.82, 2.24) is 29.5 Å². The number of nitrogens with zero attached hydrogens (tertiary/aromatic N) is 6. The average Bonchev–Trinajstić information content (AvgIpc) is 3.92. The number of carboxylic acids is 1. The molecule has 2 N–H and O–H groups in total. The second-order valence-corrected chi connectivity index (χ2v) is 20.7. The molecule has 0 unspecified atom stereocenters. The first-order valence-electron chi connectivity index (χ1n) is 23.1. The van der Waals surface area contributed by atoms with Crippen LogP contribution in [0.4, 0.5) is 0 Å². The molecule has 0 saturated heterocycles. The van der Waals surface area contributed by atoms with Crippen LogP contribution in [0.15, 0.2) is 97.6 Å². The van der Waals surface area contributed by atoms with Gasteiger partial charge in [0.2, 0.25) is 0 Å². The SMILES string of the molecule is COC(=O)C[C@@H](c1ccc(O)cc1)c1ncnn1C.Cn1ncnc1[C@@H](CC(=O)O)c1ccc(OCc2ccc3c(c2)C(C)(C)CCC3(C)C)cc1.[CH2-]c1ccc2c(c1)C(C)(C)CCC2(C)C.[Y]. The Morgan fingerprint density at radius 1 is 0.647 bits per heavy atom. The molecule has 1 radical (unpaired) electrons. The number of rotatable bonds is 11. The number of hydrogen-bond acceptors (Lipinski definition) is 9. The van der Waals surface area contributed by atoms with Gasteiger partial charge < -0.3 is 19.7 Å². The quantitative estimate of drug-likeness (QED) is 0.0947. The molecule has 359 valence electrons. The van der Waals surface area contributed by atoms with Gasteiger partial charge in [-0.05, 0) is 99.4 Å². The number of aliphatic carboxylic acids is 1. The maximum Gasteiger partial charge on any atom is 0.306 e. The number of methoxy groups -OCH3 is 1. The largest absolute Gasteiger partial charge is 0.508 e. The summed E-state index contributed by atoms with van der Waals surface area (Å²) in [5.74, 6) is 0.433. The third-order valence-corrected chi connectivity index (χ3v) is 13.9. The fourth-order valence-corrected chi connectivity index (χ4v) is 9.41. The van der Waals surface area contributed by atoms with Crippen LogP contribution in [0.5, 0.6) is 11.5 Å². The van der Waals surface area contributed by atoms with Crippen molar-refractivity contribution in [2.75, 3.05) is 7.11 Å². The van der Waals surface area contributed by atoms with Crippen molar-refractivity contribution in [3.05, 3.63) is 161 Å². The predicted octanol–water partition coefficient (Wildman–Crippen LogP) is 10.8. The first-order valence-corrected chi connectivity index (χ1v) is 23.1. The molecule has 0 saturated carbocycles. The Hall–Kier alpha value is -5.33. The number of fused-ring (bicyclic) bond motifs is 2. The number of carbonyl (C=O) groups excluding carboxylic acids is 1. The van der Waals surface area contributed by atoms with Gasteiger partial charge in [0.15, 0.2) is 0 Å². The van der Waals surface area contributed by atoms with Crippen LogP contribution in [0.3, 0.4) is 0 Å². The minimum absolute atomic E-state index is 0. The van der Waals surface area contributed by atoms with Crippen LogP contribution in [0.1, 0.15) is 162 Å². The summed E-state index contributed by atoms with van der Waals surface area (Å²) < 4.78 is 14.0. The number of phenolic OH excluding ortho intramolecular Hbond substituents is 1. The molecule has 68 heavy (non-hydrogen) atoms. The third-order valence-electron chi connectivity index (χ3n) is 13.9. The van der Waals surface area contributed by atoms with Gasteiger partial charge in [0.05, 0.1) is 31.8 Å². The Labute approximate surface area is 428 Å². The van der Waals surface area contributed by atoms with Gasteiger partial charge in [-0.25, -0.2) is 9.97 Å². The Morgan fingerprint density at radius 2 is 1.09 bits per heavy atom. The molecular weight excluding hydrogens is 930 g/mol. The molecular formula is C55H69N6O6Y-. The summed E-state index contributed by atoms with van der Waals surface area (Å²) in [5, 5.41) is 26.8. The number of aromatic hydroxyl groups is 1. The molecule has 6 aromatic rings. The molecule has 2 heterocycles. The fraction of sp³-hybridized carbons (Fsp3) is 0.436. The molecule has 2 aromatic heterocycles. The van der Waals surface area contributed by atoms with Gasteiger partial charge in [-0.2, -0.15) is 34.8 Å². The molecule has 2 aliphatic rings. The molecule has 0 fully saturated rings. The Bertz CT molecular complexity index is 2650. The van der Waals surface area contributed by atoms with E-state index in [0.29, 0.717) is 29.1 Å². The topological polar surface area (TPSA) is 154 Å². The van der Waals surface area contributed by atoms with E-state index in [-0.39, 0.29) is 79.9 Å². The molecule has 4 aromatic carbocycles. The molecule has 12 nitrogen and oxygen atoms in total. The summed E-state index contributed by atoms with van der Waals surface area (Å²) in [5.41, 5.74) is 11.0. The summed E-state index contributed by atoms with van der Waals surface area (Å²) in [7, 11) is 4.90. The smallest absolute Gasteiger partial charge is 0.306 e. The van der Waals surface area contributed by atoms with Crippen molar-refractivity contribution in [3.8, 4) is 11.5 Å². The molecule has 13 heteroatoms. The van der Waals surface area contributed by atoms with Crippen LogP contribution < -0.4 is 4.74 Å². The van der Waals surface area contributed by atoms with Crippen LogP contribution >= 0.6 is 0 Å². The summed E-state index contributed by atoms with van der Waals surface area (Å²) in [6.45, 7) is 23.2. The zero-order valence-electron chi connectivity index (χ0n) is 41.8. The number of hydrogen-bond donors (Lipinski definition) is 2. The predicted molar refractivity (Wildman–Crippen MR) is 261 cm³/mol. The summed E-state index contributed by atoms with van der Waals surface area (Å²) in [6.07, 6.45) is 7.96. The maximum atomic E-state index is 11.5. The summed E-state index contributed by atoms with van der Waals surface area (Å²) in [4.78, 5) is 31.4. The Balaban J connectivity index is 0.000000209. The van der Waals surface area contributed by atoms with E-state index >= 15 is 0 Å². The van der Waals surface area contributed by atoms with E-state index in [0.717, 1.165) is 28.0 Å². The van der Waals surface area contributed by atoms with E-state index < -0.39 is 5.97 Å². The van der Waals surface area contributed by atoms with Crippen molar-refractivity contribution in [3.63, 3.8) is 0 Å². The standard InChI is InChI=1S/C27H33N3O3.C15H21.C13H15N3O3.Y/c1-26(2)12-13-27(3,4)23-14-18(6-11-22(23)26)16-33-20-9-7-19(8-10-20)21(15-24(31)32)25-28-17-29-30(25)5;1-11-6-7-12-13(10-11)15(4,5)9-8-14(12,2)3;1-16-13(14-8-15-16)11(7-12(18)19-2)9-3-5-10(17)6-4-9;/h6-11,14,17,21H,12-13,15-16H2,1-5H3,(H,31,32);6-7,10H,1,8-9H2,2-5H3;3-6,8,11,17H,7H2,1-2H3;/q;-1;;/t21-;;11-;/m0.0./s1. The van der Waals surface area contributed by atoms with Crippen LogP contribution in [0.25, 0.3) is 0 Å². The first-order chi connectivity index (χ1) is 31.5. The molecule has 0 bridgehead atoms. The number of carbonyl (C=O) groups is 2. The van der Waals surface area contributed by atoms with Gasteiger partial charge in [0, 0.05) is 46.8 Å². The number of ether oxygens (including phenoxy) is 2. The summed E-state index contributed by atoms with van der Waals surface area (Å²) in [6, 6.07) is 27.7. The summed E-state index contributed by atoms with van der Waals surface area (Å²) >= 11 is 0. The van der Waals surface area contributed by atoms with Gasteiger partial charge >= 0.3 is 11.9 Å². The van der Waals surface area contributed by atoms with Crippen molar-refractivity contribution in [2.24, 2.45) is 14.1 Å². The number of phenols is 1. The van der Waals surface area contributed by atoms with Crippen LogP contribution in [-0.4, -0.2) is 58.8 Å². The monoisotopic (exact) mass is 998 g/mol. The van der Waals surface area contributed by atoms with Crippen LogP contribution in [-0.2, 0) is 89.4 Å². The first kappa shape index (κ1) is 53.6. The van der Waals surface area contributed by atoms with Crippen molar-refractivity contribution in [1.29, 1.82) is 0 Å². The molecule has 8 rings (SSSR count). The minimum Gasteiger partial charge on any atom is -0.508 e. The Kier molecular flexibility index (Phi) is 17.3. The fourth-order valence-electron chi connectivity index (χ4n) is 9.41. The minimum atomic E-state index is -0.873. The number of aromatic nitrogens is 6. The van der Waals surface area contributed by atoms with Crippen molar-refractivity contribution >= 4 is 11.9 Å². The van der Waals surface area contributed by atoms with Gasteiger partial charge in [0.25, 0.3) is 0 Å². The molecule has 2 atom stereocenters. The number of esters is 1. The number of aryl methyl sites for hydroxylation is 2. The molecule has 0 amide bonds. The van der Waals surface area contributed by atoms with Gasteiger partial charge in [-0.15, -0.1) is 6.07 Å². The van der Waals surface area contributed by atoms with Crippen LogP contribution in [0.2, 0.25) is 0 Å². The van der Waals surface area contributed by atoms with Crippen molar-refractivity contribution in [2.45, 2.75) is 134 Å². The Morgan fingerprint density at radius 3 is 1.54 bits per heavy atom. The molecule has 0 spiro atoms. The number of benzene rings is 4. The molecule has 0 aliphatic heterocycles. The second-order valence-electron chi connectivity index (χ2n) is 20.7. The van der Waals surface area contributed by atoms with Gasteiger partial charge in [-0.1, -0.05) is 109 Å². The zero-order chi connectivity index (χ0) is 48.9. The van der Waals surface area contributed by atoms with Gasteiger partial charge in [-0.3, -0.25) is 19.0 Å². The van der Waals surface area contributed by atoms with E-state index in [1.54, 1.807) is 47.7 Å². The van der Waals surface area contributed by atoms with E-state index in [1.807, 2.05) is 24.3 Å². The van der Waals surface area contributed by atoms with Gasteiger partial charge in [0.1, 0.15) is 42.4 Å². The maximum absolute atomic E-state index is 11.5. The third kappa shape index (κ3) is 12.8. The second kappa shape index (κ2) is 22.0. The van der Waals surface area contributed by atoms with E-state index in [2.05, 4.69) is 119 Å². The average molecular weight is 999 g/mol. The number of carboxylic acid groups (broad SMARTS) is 1. The van der Waals surface area contributed by atoms with E-state index in [1.165, 1.54) is 67.7 Å². The molecule has 2 aliphatic carbocycles. The van der Waals surface area contributed by atoms with Crippen molar-refractivity contribution < 1.29 is 62.0 Å². The van der Waals surface area contributed by atoms with E-state index in [9.17, 15) is 19.8 Å².